The molecule has 3 rings (SSSR count). The molecule has 1 saturated heterocycles. The molecule has 0 aromatic heterocycles. The Kier molecular flexibility index (Phi) is 6.26. The van der Waals surface area contributed by atoms with Crippen LogP contribution >= 0.6 is 11.6 Å². The summed E-state index contributed by atoms with van der Waals surface area (Å²) in [5.41, 5.74) is 2.27. The molecule has 136 valence electrons. The number of aliphatic imine (C=N–C) groups is 1. The van der Waals surface area contributed by atoms with E-state index >= 15 is 0 Å². The van der Waals surface area contributed by atoms with E-state index in [1.165, 1.54) is 0 Å². The second kappa shape index (κ2) is 8.83. The molecule has 1 aliphatic heterocycles. The Labute approximate surface area is 158 Å². The Morgan fingerprint density at radius 3 is 2.77 bits per heavy atom. The van der Waals surface area contributed by atoms with Crippen molar-refractivity contribution in [3.05, 3.63) is 64.7 Å². The van der Waals surface area contributed by atoms with Gasteiger partial charge in [-0.1, -0.05) is 35.9 Å². The molecule has 0 radical (unpaired) electrons. The summed E-state index contributed by atoms with van der Waals surface area (Å²) in [6.07, 6.45) is 2.13. The fraction of sp³-hybridized carbons (Fsp3) is 0.300. The molecule has 2 aromatic rings. The number of nitrogens with zero attached hydrogens (tertiary/aromatic N) is 1. The van der Waals surface area contributed by atoms with Crippen molar-refractivity contribution >= 4 is 29.2 Å². The van der Waals surface area contributed by atoms with E-state index in [9.17, 15) is 4.79 Å². The van der Waals surface area contributed by atoms with Crippen molar-refractivity contribution < 1.29 is 9.53 Å². The van der Waals surface area contributed by atoms with E-state index in [2.05, 4.69) is 15.6 Å². The van der Waals surface area contributed by atoms with Crippen LogP contribution in [-0.2, 0) is 4.74 Å². The van der Waals surface area contributed by atoms with Crippen molar-refractivity contribution in [2.45, 2.75) is 25.9 Å². The van der Waals surface area contributed by atoms with Gasteiger partial charge in [0.05, 0.1) is 12.6 Å². The molecule has 1 heterocycles. The zero-order valence-electron chi connectivity index (χ0n) is 14.7. The Hall–Kier alpha value is -2.37. The molecule has 1 aliphatic rings. The van der Waals surface area contributed by atoms with Crippen LogP contribution in [0.1, 0.15) is 28.8 Å². The lowest BCUT2D eigenvalue weighted by atomic mass is 10.2. The fourth-order valence-corrected chi connectivity index (χ4v) is 2.91. The molecule has 2 aromatic carbocycles. The average Bonchev–Trinajstić information content (AvgIpc) is 3.17. The highest BCUT2D eigenvalue weighted by Gasteiger charge is 2.16. The van der Waals surface area contributed by atoms with Gasteiger partial charge in [0.25, 0.3) is 5.91 Å². The van der Waals surface area contributed by atoms with Crippen LogP contribution in [0.5, 0.6) is 0 Å². The topological polar surface area (TPSA) is 62.7 Å². The highest BCUT2D eigenvalue weighted by atomic mass is 35.5. The van der Waals surface area contributed by atoms with Crippen molar-refractivity contribution in [3.63, 3.8) is 0 Å². The first-order valence-corrected chi connectivity index (χ1v) is 9.06. The smallest absolute Gasteiger partial charge is 0.257 e. The summed E-state index contributed by atoms with van der Waals surface area (Å²) < 4.78 is 5.62. The monoisotopic (exact) mass is 371 g/mol. The number of benzene rings is 2. The van der Waals surface area contributed by atoms with Gasteiger partial charge in [-0.15, -0.1) is 0 Å². The van der Waals surface area contributed by atoms with Crippen LogP contribution in [0.25, 0.3) is 0 Å². The molecular formula is C20H22ClN3O2. The molecule has 0 spiro atoms. The Balaban J connectivity index is 1.77. The SMILES string of the molecule is Cc1c(Cl)cccc1NC(=NCC1CCCO1)NC(=O)c1ccccc1. The number of anilines is 1. The van der Waals surface area contributed by atoms with Gasteiger partial charge >= 0.3 is 0 Å². The van der Waals surface area contributed by atoms with Gasteiger partial charge in [0.15, 0.2) is 0 Å². The predicted molar refractivity (Wildman–Crippen MR) is 105 cm³/mol. The van der Waals surface area contributed by atoms with Gasteiger partial charge in [-0.05, 0) is 49.6 Å². The maximum atomic E-state index is 12.5. The number of halogens is 1. The standard InChI is InChI=1S/C20H22ClN3O2/c1-14-17(21)10-5-11-18(14)23-20(22-13-16-9-6-12-26-16)24-19(25)15-7-3-2-4-8-15/h2-5,7-8,10-11,16H,6,9,12-13H2,1H3,(H2,22,23,24,25). The van der Waals surface area contributed by atoms with Gasteiger partial charge in [0.1, 0.15) is 0 Å². The zero-order chi connectivity index (χ0) is 18.4. The summed E-state index contributed by atoms with van der Waals surface area (Å²) in [6.45, 7) is 3.19. The van der Waals surface area contributed by atoms with Crippen LogP contribution in [0.3, 0.4) is 0 Å². The number of hydrogen-bond acceptors (Lipinski definition) is 3. The van der Waals surface area contributed by atoms with E-state index in [0.717, 1.165) is 30.7 Å². The third kappa shape index (κ3) is 4.84. The second-order valence-electron chi connectivity index (χ2n) is 6.18. The normalized spacial score (nSPS) is 17.2. The lowest BCUT2D eigenvalue weighted by Gasteiger charge is -2.15. The van der Waals surface area contributed by atoms with Crippen LogP contribution in [-0.4, -0.2) is 31.1 Å². The van der Waals surface area contributed by atoms with Crippen molar-refractivity contribution in [1.82, 2.24) is 5.32 Å². The third-order valence-electron chi connectivity index (χ3n) is 4.27. The molecule has 26 heavy (non-hydrogen) atoms. The van der Waals surface area contributed by atoms with Crippen LogP contribution in [0.4, 0.5) is 5.69 Å². The van der Waals surface area contributed by atoms with E-state index in [-0.39, 0.29) is 12.0 Å². The van der Waals surface area contributed by atoms with E-state index in [0.29, 0.717) is 23.1 Å². The maximum Gasteiger partial charge on any atom is 0.257 e. The Morgan fingerprint density at radius 1 is 1.23 bits per heavy atom. The predicted octanol–water partition coefficient (Wildman–Crippen LogP) is 4.03. The molecule has 1 atom stereocenters. The van der Waals surface area contributed by atoms with Crippen LogP contribution in [0.2, 0.25) is 5.02 Å². The number of ether oxygens (including phenoxy) is 1. The van der Waals surface area contributed by atoms with Gasteiger partial charge < -0.3 is 10.1 Å². The summed E-state index contributed by atoms with van der Waals surface area (Å²) in [5.74, 6) is 0.170. The highest BCUT2D eigenvalue weighted by Crippen LogP contribution is 2.23. The number of amides is 1. The van der Waals surface area contributed by atoms with Crippen LogP contribution in [0.15, 0.2) is 53.5 Å². The largest absolute Gasteiger partial charge is 0.376 e. The Bertz CT molecular complexity index is 787. The summed E-state index contributed by atoms with van der Waals surface area (Å²) in [7, 11) is 0. The summed E-state index contributed by atoms with van der Waals surface area (Å²) in [4.78, 5) is 17.0. The van der Waals surface area contributed by atoms with E-state index < -0.39 is 0 Å². The van der Waals surface area contributed by atoms with Crippen molar-refractivity contribution in [2.75, 3.05) is 18.5 Å². The first kappa shape index (κ1) is 18.4. The Morgan fingerprint density at radius 2 is 2.04 bits per heavy atom. The van der Waals surface area contributed by atoms with Crippen molar-refractivity contribution in [1.29, 1.82) is 0 Å². The van der Waals surface area contributed by atoms with Crippen molar-refractivity contribution in [3.8, 4) is 0 Å². The quantitative estimate of drug-likeness (QED) is 0.630. The molecule has 1 amide bonds. The second-order valence-corrected chi connectivity index (χ2v) is 6.59. The lowest BCUT2D eigenvalue weighted by Crippen LogP contribution is -2.37. The average molecular weight is 372 g/mol. The van der Waals surface area contributed by atoms with Gasteiger partial charge in [-0.25, -0.2) is 4.99 Å². The number of hydrogen-bond donors (Lipinski definition) is 2. The molecule has 0 bridgehead atoms. The molecule has 6 heteroatoms. The molecule has 1 fully saturated rings. The van der Waals surface area contributed by atoms with Gasteiger partial charge in [-0.3, -0.25) is 10.1 Å². The van der Waals surface area contributed by atoms with E-state index in [4.69, 9.17) is 16.3 Å². The molecule has 0 saturated carbocycles. The number of nitrogens with one attached hydrogen (secondary N) is 2. The first-order valence-electron chi connectivity index (χ1n) is 8.68. The van der Waals surface area contributed by atoms with Crippen LogP contribution in [0, 0.1) is 6.92 Å². The first-order chi connectivity index (χ1) is 12.6. The molecule has 5 nitrogen and oxygen atoms in total. The van der Waals surface area contributed by atoms with E-state index in [1.807, 2.05) is 43.3 Å². The molecule has 2 N–H and O–H groups in total. The van der Waals surface area contributed by atoms with Crippen LogP contribution < -0.4 is 10.6 Å². The third-order valence-corrected chi connectivity index (χ3v) is 4.68. The minimum Gasteiger partial charge on any atom is -0.376 e. The minimum absolute atomic E-state index is 0.0980. The summed E-state index contributed by atoms with van der Waals surface area (Å²) in [6, 6.07) is 14.6. The number of carbonyl (C=O) groups is 1. The summed E-state index contributed by atoms with van der Waals surface area (Å²) >= 11 is 6.19. The zero-order valence-corrected chi connectivity index (χ0v) is 15.4. The maximum absolute atomic E-state index is 12.5. The number of carbonyl (C=O) groups excluding carboxylic acids is 1. The summed E-state index contributed by atoms with van der Waals surface area (Å²) in [5, 5.41) is 6.70. The molecule has 1 unspecified atom stereocenters. The number of guanidine groups is 1. The highest BCUT2D eigenvalue weighted by molar-refractivity contribution is 6.31. The van der Waals surface area contributed by atoms with Crippen molar-refractivity contribution in [2.24, 2.45) is 4.99 Å². The van der Waals surface area contributed by atoms with E-state index in [1.54, 1.807) is 12.1 Å². The fourth-order valence-electron chi connectivity index (χ4n) is 2.73. The minimum atomic E-state index is -0.219. The molecule has 0 aliphatic carbocycles. The lowest BCUT2D eigenvalue weighted by molar-refractivity contribution is 0.0975. The number of rotatable bonds is 4. The molecular weight excluding hydrogens is 350 g/mol. The van der Waals surface area contributed by atoms with Gasteiger partial charge in [0, 0.05) is 22.9 Å². The van der Waals surface area contributed by atoms with Gasteiger partial charge in [0.2, 0.25) is 5.96 Å². The van der Waals surface area contributed by atoms with Gasteiger partial charge in [-0.2, -0.15) is 0 Å².